The van der Waals surface area contributed by atoms with Gasteiger partial charge in [-0.05, 0) is 32.0 Å². The van der Waals surface area contributed by atoms with Crippen LogP contribution < -0.4 is 19.5 Å². The molecule has 2 aromatic rings. The van der Waals surface area contributed by atoms with Gasteiger partial charge in [-0.25, -0.2) is 0 Å². The van der Waals surface area contributed by atoms with Crippen LogP contribution in [0.4, 0.5) is 5.69 Å². The summed E-state index contributed by atoms with van der Waals surface area (Å²) in [7, 11) is 0. The minimum atomic E-state index is -0.354. The van der Waals surface area contributed by atoms with Crippen LogP contribution >= 0.6 is 23.2 Å². The van der Waals surface area contributed by atoms with Gasteiger partial charge in [0.05, 0.1) is 22.3 Å². The number of hydrogen-bond donors (Lipinski definition) is 1. The van der Waals surface area contributed by atoms with Crippen molar-refractivity contribution in [3.8, 4) is 17.2 Å². The maximum Gasteiger partial charge on any atom is 0.262 e. The summed E-state index contributed by atoms with van der Waals surface area (Å²) >= 11 is 12.1. The number of nitrogens with one attached hydrogen (secondary N) is 1. The van der Waals surface area contributed by atoms with Gasteiger partial charge in [-0.2, -0.15) is 0 Å². The van der Waals surface area contributed by atoms with Crippen LogP contribution in [-0.2, 0) is 11.2 Å². The van der Waals surface area contributed by atoms with Crippen LogP contribution in [0.3, 0.4) is 0 Å². The second-order valence-electron chi connectivity index (χ2n) is 5.91. The number of para-hydroxylation sites is 1. The topological polar surface area (TPSA) is 56.8 Å². The van der Waals surface area contributed by atoms with Crippen molar-refractivity contribution in [1.29, 1.82) is 0 Å². The van der Waals surface area contributed by atoms with E-state index in [1.165, 1.54) is 0 Å². The third-order valence-corrected chi connectivity index (χ3v) is 4.43. The number of halogens is 2. The van der Waals surface area contributed by atoms with Crippen LogP contribution in [0, 0.1) is 0 Å². The van der Waals surface area contributed by atoms with E-state index in [4.69, 9.17) is 37.4 Å². The highest BCUT2D eigenvalue weighted by Crippen LogP contribution is 2.38. The van der Waals surface area contributed by atoms with E-state index < -0.39 is 0 Å². The number of carbonyl (C=O) groups is 1. The fourth-order valence-corrected chi connectivity index (χ4v) is 3.26. The number of carbonyl (C=O) groups excluding carboxylic acids is 1. The molecule has 1 N–H and O–H groups in total. The maximum absolute atomic E-state index is 12.3. The molecule has 1 unspecified atom stereocenters. The molecule has 1 amide bonds. The van der Waals surface area contributed by atoms with E-state index in [0.717, 1.165) is 17.7 Å². The zero-order valence-electron chi connectivity index (χ0n) is 14.5. The van der Waals surface area contributed by atoms with Crippen LogP contribution in [-0.4, -0.2) is 25.2 Å². The van der Waals surface area contributed by atoms with E-state index in [1.54, 1.807) is 24.3 Å². The normalized spacial score (nSPS) is 15.2. The SMILES string of the molecule is CCOc1cc2c(cc1NC(=O)COc1c(Cl)cccc1Cl)OC(C)C2. The molecule has 138 valence electrons. The molecule has 26 heavy (non-hydrogen) atoms. The van der Waals surface area contributed by atoms with Crippen molar-refractivity contribution in [2.24, 2.45) is 0 Å². The summed E-state index contributed by atoms with van der Waals surface area (Å²) in [6, 6.07) is 8.69. The van der Waals surface area contributed by atoms with Crippen LogP contribution in [0.25, 0.3) is 0 Å². The number of fused-ring (bicyclic) bond motifs is 1. The highest BCUT2D eigenvalue weighted by molar-refractivity contribution is 6.37. The lowest BCUT2D eigenvalue weighted by molar-refractivity contribution is -0.118. The fourth-order valence-electron chi connectivity index (χ4n) is 2.76. The van der Waals surface area contributed by atoms with E-state index in [-0.39, 0.29) is 24.4 Å². The lowest BCUT2D eigenvalue weighted by Gasteiger charge is -2.14. The Morgan fingerprint density at radius 1 is 1.27 bits per heavy atom. The molecule has 2 aromatic carbocycles. The first-order valence-corrected chi connectivity index (χ1v) is 9.06. The van der Waals surface area contributed by atoms with Crippen molar-refractivity contribution in [1.82, 2.24) is 0 Å². The van der Waals surface area contributed by atoms with Crippen LogP contribution in [0.5, 0.6) is 17.2 Å². The molecule has 7 heteroatoms. The van der Waals surface area contributed by atoms with Gasteiger partial charge < -0.3 is 19.5 Å². The first-order valence-electron chi connectivity index (χ1n) is 8.31. The average Bonchev–Trinajstić information content (AvgIpc) is 2.94. The number of hydrogen-bond acceptors (Lipinski definition) is 4. The van der Waals surface area contributed by atoms with Gasteiger partial charge in [0, 0.05) is 18.1 Å². The molecule has 0 aromatic heterocycles. The Hall–Kier alpha value is -2.11. The summed E-state index contributed by atoms with van der Waals surface area (Å²) in [5.41, 5.74) is 1.61. The summed E-state index contributed by atoms with van der Waals surface area (Å²) in [5, 5.41) is 3.49. The molecule has 1 aliphatic rings. The predicted octanol–water partition coefficient (Wildman–Crippen LogP) is 4.73. The molecule has 1 atom stereocenters. The van der Waals surface area contributed by atoms with Gasteiger partial charge in [-0.3, -0.25) is 4.79 Å². The monoisotopic (exact) mass is 395 g/mol. The molecule has 0 saturated carbocycles. The zero-order valence-corrected chi connectivity index (χ0v) is 16.0. The Kier molecular flexibility index (Phi) is 5.79. The van der Waals surface area contributed by atoms with E-state index in [1.807, 2.05) is 19.9 Å². The Morgan fingerprint density at radius 2 is 2.00 bits per heavy atom. The Labute approximate surface area is 162 Å². The molecular formula is C19H19Cl2NO4. The zero-order chi connectivity index (χ0) is 18.7. The van der Waals surface area contributed by atoms with E-state index >= 15 is 0 Å². The van der Waals surface area contributed by atoms with Gasteiger partial charge in [0.2, 0.25) is 0 Å². The molecule has 3 rings (SSSR count). The highest BCUT2D eigenvalue weighted by Gasteiger charge is 2.22. The van der Waals surface area contributed by atoms with Crippen molar-refractivity contribution in [3.05, 3.63) is 45.9 Å². The molecule has 0 saturated heterocycles. The quantitative estimate of drug-likeness (QED) is 0.767. The molecule has 0 spiro atoms. The smallest absolute Gasteiger partial charge is 0.262 e. The van der Waals surface area contributed by atoms with Crippen molar-refractivity contribution in [2.75, 3.05) is 18.5 Å². The number of rotatable bonds is 6. The van der Waals surface area contributed by atoms with Crippen molar-refractivity contribution in [3.63, 3.8) is 0 Å². The molecular weight excluding hydrogens is 377 g/mol. The molecule has 0 aliphatic carbocycles. The fraction of sp³-hybridized carbons (Fsp3) is 0.316. The first-order chi connectivity index (χ1) is 12.5. The van der Waals surface area contributed by atoms with Gasteiger partial charge in [0.15, 0.2) is 12.4 Å². The highest BCUT2D eigenvalue weighted by atomic mass is 35.5. The summed E-state index contributed by atoms with van der Waals surface area (Å²) in [4.78, 5) is 12.3. The number of anilines is 1. The number of amides is 1. The van der Waals surface area contributed by atoms with Crippen LogP contribution in [0.15, 0.2) is 30.3 Å². The largest absolute Gasteiger partial charge is 0.492 e. The van der Waals surface area contributed by atoms with E-state index in [0.29, 0.717) is 28.1 Å². The van der Waals surface area contributed by atoms with Gasteiger partial charge in [0.1, 0.15) is 17.6 Å². The van der Waals surface area contributed by atoms with Crippen molar-refractivity contribution in [2.45, 2.75) is 26.4 Å². The van der Waals surface area contributed by atoms with Gasteiger partial charge in [-0.15, -0.1) is 0 Å². The maximum atomic E-state index is 12.3. The second kappa shape index (κ2) is 8.06. The van der Waals surface area contributed by atoms with Gasteiger partial charge >= 0.3 is 0 Å². The Balaban J connectivity index is 1.72. The summed E-state index contributed by atoms with van der Waals surface area (Å²) < 4.78 is 16.9. The number of ether oxygens (including phenoxy) is 3. The lowest BCUT2D eigenvalue weighted by Crippen LogP contribution is -2.21. The van der Waals surface area contributed by atoms with Crippen LogP contribution in [0.2, 0.25) is 10.0 Å². The summed E-state index contributed by atoms with van der Waals surface area (Å²) in [6.45, 7) is 4.15. The third kappa shape index (κ3) is 4.17. The Bertz CT molecular complexity index is 805. The van der Waals surface area contributed by atoms with Gasteiger partial charge in [-0.1, -0.05) is 29.3 Å². The van der Waals surface area contributed by atoms with E-state index in [2.05, 4.69) is 5.32 Å². The molecule has 1 aliphatic heterocycles. The lowest BCUT2D eigenvalue weighted by atomic mass is 10.1. The van der Waals surface area contributed by atoms with E-state index in [9.17, 15) is 4.79 Å². The predicted molar refractivity (Wildman–Crippen MR) is 102 cm³/mol. The first kappa shape index (κ1) is 18.7. The van der Waals surface area contributed by atoms with Gasteiger partial charge in [0.25, 0.3) is 5.91 Å². The molecule has 5 nitrogen and oxygen atoms in total. The minimum absolute atomic E-state index is 0.108. The summed E-state index contributed by atoms with van der Waals surface area (Å²) in [6.07, 6.45) is 0.925. The van der Waals surface area contributed by atoms with Crippen LogP contribution in [0.1, 0.15) is 19.4 Å². The molecule has 0 bridgehead atoms. The Morgan fingerprint density at radius 3 is 2.69 bits per heavy atom. The second-order valence-corrected chi connectivity index (χ2v) is 6.72. The third-order valence-electron chi connectivity index (χ3n) is 3.84. The summed E-state index contributed by atoms with van der Waals surface area (Å²) in [5.74, 6) is 1.29. The standard InChI is InChI=1S/C19H19Cl2NO4/c1-3-24-17-8-12-7-11(2)26-16(12)9-15(17)22-18(23)10-25-19-13(20)5-4-6-14(19)21/h4-6,8-9,11H,3,7,10H2,1-2H3,(H,22,23). The molecule has 1 heterocycles. The van der Waals surface area contributed by atoms with Crippen molar-refractivity contribution < 1.29 is 19.0 Å². The number of benzene rings is 2. The molecule has 0 radical (unpaired) electrons. The average molecular weight is 396 g/mol. The molecule has 0 fully saturated rings. The van der Waals surface area contributed by atoms with Crippen molar-refractivity contribution >= 4 is 34.8 Å². The minimum Gasteiger partial charge on any atom is -0.492 e.